The molecule has 1 heterocycles. The van der Waals surface area contributed by atoms with E-state index < -0.39 is 11.8 Å². The van der Waals surface area contributed by atoms with Crippen LogP contribution < -0.4 is 15.4 Å². The average Bonchev–Trinajstić information content (AvgIpc) is 3.26. The molecule has 0 bridgehead atoms. The minimum Gasteiger partial charge on any atom is -0.493 e. The number of nitrogens with one attached hydrogen (secondary N) is 2. The average molecular weight is 404 g/mol. The number of ether oxygens (including phenoxy) is 1. The van der Waals surface area contributed by atoms with Crippen molar-refractivity contribution in [3.8, 4) is 5.75 Å². The monoisotopic (exact) mass is 404 g/mol. The Morgan fingerprint density at radius 1 is 1.00 bits per heavy atom. The fraction of sp³-hybridized carbons (Fsp3) is 0.167. The lowest BCUT2D eigenvalue weighted by molar-refractivity contribution is -0.113. The molecule has 2 amide bonds. The molecule has 3 rings (SSSR count). The van der Waals surface area contributed by atoms with Crippen molar-refractivity contribution in [2.45, 2.75) is 13.8 Å². The van der Waals surface area contributed by atoms with Gasteiger partial charge in [0.05, 0.1) is 12.9 Å². The molecule has 2 N–H and O–H groups in total. The molecule has 30 heavy (non-hydrogen) atoms. The molecule has 0 fully saturated rings. The SMILES string of the molecule is CC(C)COc1ccc(C(=O)NC(=Cc2ccco2)C(=O)Nc2ccccc2)cc1. The predicted octanol–water partition coefficient (Wildman–Crippen LogP) is 4.72. The van der Waals surface area contributed by atoms with Crippen LogP contribution in [0.3, 0.4) is 0 Å². The van der Waals surface area contributed by atoms with Gasteiger partial charge in [0.2, 0.25) is 0 Å². The number of benzene rings is 2. The van der Waals surface area contributed by atoms with E-state index in [0.717, 1.165) is 0 Å². The molecule has 6 nitrogen and oxygen atoms in total. The lowest BCUT2D eigenvalue weighted by atomic mass is 10.2. The van der Waals surface area contributed by atoms with E-state index in [1.165, 1.54) is 12.3 Å². The van der Waals surface area contributed by atoms with Gasteiger partial charge in [-0.1, -0.05) is 32.0 Å². The van der Waals surface area contributed by atoms with Crippen LogP contribution in [0.2, 0.25) is 0 Å². The van der Waals surface area contributed by atoms with Gasteiger partial charge in [-0.15, -0.1) is 0 Å². The van der Waals surface area contributed by atoms with Crippen molar-refractivity contribution in [1.82, 2.24) is 5.32 Å². The normalized spacial score (nSPS) is 11.2. The number of hydrogen-bond donors (Lipinski definition) is 2. The van der Waals surface area contributed by atoms with Gasteiger partial charge in [-0.3, -0.25) is 9.59 Å². The molecule has 0 radical (unpaired) electrons. The first-order chi connectivity index (χ1) is 14.5. The van der Waals surface area contributed by atoms with Crippen LogP contribution in [-0.4, -0.2) is 18.4 Å². The summed E-state index contributed by atoms with van der Waals surface area (Å²) >= 11 is 0. The van der Waals surface area contributed by atoms with Crippen LogP contribution in [0.4, 0.5) is 5.69 Å². The minimum atomic E-state index is -0.456. The minimum absolute atomic E-state index is 0.0685. The predicted molar refractivity (Wildman–Crippen MR) is 116 cm³/mol. The molecule has 0 atom stereocenters. The zero-order valence-electron chi connectivity index (χ0n) is 16.9. The molecular formula is C24H24N2O4. The molecule has 2 aromatic carbocycles. The molecule has 0 aliphatic heterocycles. The van der Waals surface area contributed by atoms with Crippen molar-refractivity contribution < 1.29 is 18.7 Å². The van der Waals surface area contributed by atoms with E-state index in [9.17, 15) is 9.59 Å². The van der Waals surface area contributed by atoms with E-state index in [1.54, 1.807) is 48.5 Å². The van der Waals surface area contributed by atoms with E-state index in [-0.39, 0.29) is 5.70 Å². The Morgan fingerprint density at radius 2 is 1.73 bits per heavy atom. The van der Waals surface area contributed by atoms with Gasteiger partial charge in [0.25, 0.3) is 11.8 Å². The number of amides is 2. The van der Waals surface area contributed by atoms with Crippen LogP contribution in [-0.2, 0) is 4.79 Å². The van der Waals surface area contributed by atoms with Crippen LogP contribution in [0.25, 0.3) is 6.08 Å². The molecule has 0 unspecified atom stereocenters. The van der Waals surface area contributed by atoms with Gasteiger partial charge in [-0.25, -0.2) is 0 Å². The molecule has 154 valence electrons. The number of para-hydroxylation sites is 1. The van der Waals surface area contributed by atoms with Crippen LogP contribution in [0.1, 0.15) is 30.0 Å². The Labute approximate surface area is 175 Å². The second-order valence-electron chi connectivity index (χ2n) is 7.08. The zero-order valence-corrected chi connectivity index (χ0v) is 16.9. The molecule has 6 heteroatoms. The number of carbonyl (C=O) groups excluding carboxylic acids is 2. The molecule has 1 aromatic heterocycles. The molecule has 0 saturated carbocycles. The van der Waals surface area contributed by atoms with E-state index >= 15 is 0 Å². The van der Waals surface area contributed by atoms with Crippen LogP contribution in [0, 0.1) is 5.92 Å². The molecular weight excluding hydrogens is 380 g/mol. The second kappa shape index (κ2) is 10.1. The molecule has 0 aliphatic carbocycles. The molecule has 0 spiro atoms. The topological polar surface area (TPSA) is 80.6 Å². The fourth-order valence-electron chi connectivity index (χ4n) is 2.55. The number of anilines is 1. The van der Waals surface area contributed by atoms with E-state index in [1.807, 2.05) is 18.2 Å². The Bertz CT molecular complexity index is 991. The summed E-state index contributed by atoms with van der Waals surface area (Å²) in [7, 11) is 0. The van der Waals surface area contributed by atoms with Crippen molar-refractivity contribution >= 4 is 23.6 Å². The second-order valence-corrected chi connectivity index (χ2v) is 7.08. The summed E-state index contributed by atoms with van der Waals surface area (Å²) in [6, 6.07) is 19.2. The van der Waals surface area contributed by atoms with Gasteiger partial charge in [0.1, 0.15) is 17.2 Å². The van der Waals surface area contributed by atoms with Gasteiger partial charge >= 0.3 is 0 Å². The van der Waals surface area contributed by atoms with E-state index in [4.69, 9.17) is 9.15 Å². The maximum Gasteiger partial charge on any atom is 0.272 e. The lowest BCUT2D eigenvalue weighted by Crippen LogP contribution is -2.30. The van der Waals surface area contributed by atoms with Gasteiger partial charge in [-0.2, -0.15) is 0 Å². The lowest BCUT2D eigenvalue weighted by Gasteiger charge is -2.12. The standard InChI is InChI=1S/C24H24N2O4/c1-17(2)16-30-20-12-10-18(11-13-20)23(27)26-22(15-21-9-6-14-29-21)24(28)25-19-7-4-3-5-8-19/h3-15,17H,16H2,1-2H3,(H,25,28)(H,26,27). The summed E-state index contributed by atoms with van der Waals surface area (Å²) in [4.78, 5) is 25.5. The van der Waals surface area contributed by atoms with Crippen molar-refractivity contribution in [2.75, 3.05) is 11.9 Å². The smallest absolute Gasteiger partial charge is 0.272 e. The first-order valence-corrected chi connectivity index (χ1v) is 9.67. The van der Waals surface area contributed by atoms with Crippen molar-refractivity contribution in [3.63, 3.8) is 0 Å². The number of carbonyl (C=O) groups is 2. The number of furan rings is 1. The molecule has 0 saturated heterocycles. The summed E-state index contributed by atoms with van der Waals surface area (Å²) in [5.74, 6) is 0.680. The highest BCUT2D eigenvalue weighted by molar-refractivity contribution is 6.10. The van der Waals surface area contributed by atoms with Crippen molar-refractivity contribution in [2.24, 2.45) is 5.92 Å². The first-order valence-electron chi connectivity index (χ1n) is 9.67. The quantitative estimate of drug-likeness (QED) is 0.532. The summed E-state index contributed by atoms with van der Waals surface area (Å²) in [6.07, 6.45) is 2.98. The zero-order chi connectivity index (χ0) is 21.3. The Morgan fingerprint density at radius 3 is 2.37 bits per heavy atom. The summed E-state index contributed by atoms with van der Waals surface area (Å²) in [5, 5.41) is 5.43. The van der Waals surface area contributed by atoms with Crippen molar-refractivity contribution in [3.05, 3.63) is 90.0 Å². The molecule has 3 aromatic rings. The van der Waals surface area contributed by atoms with Crippen LogP contribution >= 0.6 is 0 Å². The Balaban J connectivity index is 1.74. The summed E-state index contributed by atoms with van der Waals surface area (Å²) in [5.41, 5.74) is 1.09. The van der Waals surface area contributed by atoms with E-state index in [2.05, 4.69) is 24.5 Å². The summed E-state index contributed by atoms with van der Waals surface area (Å²) < 4.78 is 10.9. The first kappa shape index (κ1) is 20.9. The van der Waals surface area contributed by atoms with Gasteiger partial charge in [-0.05, 0) is 54.4 Å². The van der Waals surface area contributed by atoms with Crippen molar-refractivity contribution in [1.29, 1.82) is 0 Å². The third-order valence-corrected chi connectivity index (χ3v) is 4.05. The fourth-order valence-corrected chi connectivity index (χ4v) is 2.55. The number of hydrogen-bond acceptors (Lipinski definition) is 4. The maximum absolute atomic E-state index is 12.8. The van der Waals surface area contributed by atoms with Crippen LogP contribution in [0.5, 0.6) is 5.75 Å². The largest absolute Gasteiger partial charge is 0.493 e. The maximum atomic E-state index is 12.8. The van der Waals surface area contributed by atoms with Gasteiger partial charge in [0, 0.05) is 17.3 Å². The Kier molecular flexibility index (Phi) is 7.05. The highest BCUT2D eigenvalue weighted by atomic mass is 16.5. The highest BCUT2D eigenvalue weighted by Crippen LogP contribution is 2.15. The highest BCUT2D eigenvalue weighted by Gasteiger charge is 2.16. The third kappa shape index (κ3) is 6.10. The third-order valence-electron chi connectivity index (χ3n) is 4.05. The number of rotatable bonds is 8. The van der Waals surface area contributed by atoms with E-state index in [0.29, 0.717) is 35.3 Å². The Hall–Kier alpha value is -3.80. The molecule has 0 aliphatic rings. The van der Waals surface area contributed by atoms with Gasteiger partial charge < -0.3 is 19.8 Å². The van der Waals surface area contributed by atoms with Crippen LogP contribution in [0.15, 0.2) is 83.1 Å². The van der Waals surface area contributed by atoms with Gasteiger partial charge in [0.15, 0.2) is 0 Å². The summed E-state index contributed by atoms with van der Waals surface area (Å²) in [6.45, 7) is 4.73.